The molecule has 2 bridgehead atoms. The molecule has 4 aliphatic carbocycles. The highest BCUT2D eigenvalue weighted by Crippen LogP contribution is 2.72. The Bertz CT molecular complexity index is 395. The molecular weight excluding hydrogens is 208 g/mol. The maximum atomic E-state index is 12.0. The van der Waals surface area contributed by atoms with Gasteiger partial charge in [-0.25, -0.2) is 10.9 Å². The molecule has 5 nitrogen and oxygen atoms in total. The molecule has 0 aromatic carbocycles. The number of ether oxygens (including phenoxy) is 1. The van der Waals surface area contributed by atoms with Crippen molar-refractivity contribution in [2.45, 2.75) is 18.6 Å². The Hall–Kier alpha value is -0.940. The van der Waals surface area contributed by atoms with Crippen molar-refractivity contribution in [3.05, 3.63) is 0 Å². The van der Waals surface area contributed by atoms with Gasteiger partial charge >= 0.3 is 0 Å². The number of carbonyl (C=O) groups excluding carboxylic acids is 2. The quantitative estimate of drug-likeness (QED) is 0.249. The first-order valence-corrected chi connectivity index (χ1v) is 5.98. The fraction of sp³-hybridized carbons (Fsp3) is 0.818. The molecule has 6 fully saturated rings. The van der Waals surface area contributed by atoms with E-state index in [1.807, 2.05) is 0 Å². The summed E-state index contributed by atoms with van der Waals surface area (Å²) < 4.78 is 5.67. The van der Waals surface area contributed by atoms with Crippen LogP contribution in [0.2, 0.25) is 0 Å². The lowest BCUT2D eigenvalue weighted by molar-refractivity contribution is -0.140. The number of rotatable bonds is 0. The van der Waals surface area contributed by atoms with Crippen LogP contribution in [0.5, 0.6) is 0 Å². The van der Waals surface area contributed by atoms with Gasteiger partial charge in [0.1, 0.15) is 0 Å². The van der Waals surface area contributed by atoms with E-state index in [0.717, 1.165) is 5.01 Å². The number of hydrogen-bond donors (Lipinski definition) is 1. The average molecular weight is 220 g/mol. The molecular formula is C11H12N2O3. The van der Waals surface area contributed by atoms with E-state index in [2.05, 4.69) is 0 Å². The van der Waals surface area contributed by atoms with Gasteiger partial charge in [-0.3, -0.25) is 9.59 Å². The van der Waals surface area contributed by atoms with Gasteiger partial charge in [-0.2, -0.15) is 0 Å². The van der Waals surface area contributed by atoms with E-state index in [-0.39, 0.29) is 47.7 Å². The Morgan fingerprint density at radius 2 is 1.56 bits per heavy atom. The van der Waals surface area contributed by atoms with Crippen molar-refractivity contribution < 1.29 is 14.3 Å². The number of hydrazine groups is 1. The van der Waals surface area contributed by atoms with Crippen molar-refractivity contribution in [3.8, 4) is 0 Å². The third-order valence-electron chi connectivity index (χ3n) is 5.46. The number of amides is 2. The number of imide groups is 1. The van der Waals surface area contributed by atoms with Crippen molar-refractivity contribution in [3.63, 3.8) is 0 Å². The molecule has 2 heterocycles. The molecule has 2 N–H and O–H groups in total. The fourth-order valence-electron chi connectivity index (χ4n) is 4.85. The molecule has 84 valence electrons. The van der Waals surface area contributed by atoms with Crippen LogP contribution in [0.15, 0.2) is 0 Å². The Kier molecular flexibility index (Phi) is 1.06. The van der Waals surface area contributed by atoms with Crippen molar-refractivity contribution in [1.82, 2.24) is 5.01 Å². The molecule has 6 aliphatic rings. The van der Waals surface area contributed by atoms with E-state index in [9.17, 15) is 9.59 Å². The normalized spacial score (nSPS) is 64.2. The first-order chi connectivity index (χ1) is 7.70. The van der Waals surface area contributed by atoms with Gasteiger partial charge in [-0.15, -0.1) is 0 Å². The van der Waals surface area contributed by atoms with E-state index < -0.39 is 0 Å². The van der Waals surface area contributed by atoms with Gasteiger partial charge in [0.2, 0.25) is 11.8 Å². The topological polar surface area (TPSA) is 75.9 Å². The largest absolute Gasteiger partial charge is 0.369 e. The fourth-order valence-corrected chi connectivity index (χ4v) is 4.85. The van der Waals surface area contributed by atoms with Crippen LogP contribution in [0.3, 0.4) is 0 Å². The number of hydrogen-bond acceptors (Lipinski definition) is 4. The van der Waals surface area contributed by atoms with Crippen LogP contribution in [0.1, 0.15) is 6.42 Å². The van der Waals surface area contributed by atoms with Crippen molar-refractivity contribution >= 4 is 11.8 Å². The van der Waals surface area contributed by atoms with Crippen LogP contribution in [0.25, 0.3) is 0 Å². The van der Waals surface area contributed by atoms with Gasteiger partial charge in [0.05, 0.1) is 24.0 Å². The Morgan fingerprint density at radius 1 is 1.06 bits per heavy atom. The van der Waals surface area contributed by atoms with Gasteiger partial charge in [0.25, 0.3) is 0 Å². The molecule has 2 amide bonds. The highest BCUT2D eigenvalue weighted by molar-refractivity contribution is 6.05. The van der Waals surface area contributed by atoms with Crippen LogP contribution in [-0.4, -0.2) is 29.0 Å². The molecule has 0 radical (unpaired) electrons. The molecule has 8 atom stereocenters. The summed E-state index contributed by atoms with van der Waals surface area (Å²) in [5.41, 5.74) is 0. The molecule has 6 rings (SSSR count). The molecule has 16 heavy (non-hydrogen) atoms. The third kappa shape index (κ3) is 0.627. The summed E-state index contributed by atoms with van der Waals surface area (Å²) in [6, 6.07) is 0. The third-order valence-corrected chi connectivity index (χ3v) is 5.46. The lowest BCUT2D eigenvalue weighted by atomic mass is 9.59. The van der Waals surface area contributed by atoms with Gasteiger partial charge in [-0.1, -0.05) is 0 Å². The summed E-state index contributed by atoms with van der Waals surface area (Å²) in [4.78, 5) is 24.0. The lowest BCUT2D eigenvalue weighted by Gasteiger charge is -2.39. The van der Waals surface area contributed by atoms with E-state index >= 15 is 0 Å². The van der Waals surface area contributed by atoms with Gasteiger partial charge < -0.3 is 4.74 Å². The molecule has 0 aromatic rings. The molecule has 2 aliphatic heterocycles. The maximum Gasteiger partial charge on any atom is 0.247 e. The molecule has 2 saturated heterocycles. The van der Waals surface area contributed by atoms with Crippen LogP contribution in [0, 0.1) is 35.5 Å². The summed E-state index contributed by atoms with van der Waals surface area (Å²) in [5.74, 6) is 6.76. The lowest BCUT2D eigenvalue weighted by Crippen LogP contribution is -2.48. The van der Waals surface area contributed by atoms with E-state index in [1.165, 1.54) is 6.42 Å². The summed E-state index contributed by atoms with van der Waals surface area (Å²) in [7, 11) is 0. The second-order valence-corrected chi connectivity index (χ2v) is 5.88. The van der Waals surface area contributed by atoms with Gasteiger partial charge in [-0.05, 0) is 18.3 Å². The van der Waals surface area contributed by atoms with Gasteiger partial charge in [0, 0.05) is 11.8 Å². The summed E-state index contributed by atoms with van der Waals surface area (Å²) in [5, 5.41) is 0.866. The molecule has 4 saturated carbocycles. The predicted octanol–water partition coefficient (Wildman–Crippen LogP) is -0.876. The number of nitrogens with zero attached hydrogens (tertiary/aromatic N) is 1. The minimum absolute atomic E-state index is 0.157. The first-order valence-electron chi connectivity index (χ1n) is 5.98. The zero-order chi connectivity index (χ0) is 10.8. The number of epoxide rings is 1. The first kappa shape index (κ1) is 8.20. The predicted molar refractivity (Wildman–Crippen MR) is 50.3 cm³/mol. The Labute approximate surface area is 91.9 Å². The minimum atomic E-state index is -0.163. The number of nitrogens with two attached hydrogens (primary N) is 1. The second kappa shape index (κ2) is 2.07. The zero-order valence-electron chi connectivity index (χ0n) is 8.58. The molecule has 0 aromatic heterocycles. The standard InChI is InChI=1S/C11H12N2O3/c12-13-10(14)6-4-2-1-3(2)5(7(6)11(13)15)9-8(4)16-9/h2-9H,1,12H2/t2-,3+,4-,5-,6+,7-,8-,9-/m0/s1. The zero-order valence-corrected chi connectivity index (χ0v) is 8.58. The smallest absolute Gasteiger partial charge is 0.247 e. The second-order valence-electron chi connectivity index (χ2n) is 5.88. The maximum absolute atomic E-state index is 12.0. The van der Waals surface area contributed by atoms with Crippen LogP contribution in [0.4, 0.5) is 0 Å². The van der Waals surface area contributed by atoms with Crippen molar-refractivity contribution in [2.24, 2.45) is 41.4 Å². The van der Waals surface area contributed by atoms with Crippen LogP contribution < -0.4 is 5.84 Å². The van der Waals surface area contributed by atoms with Crippen LogP contribution >= 0.6 is 0 Å². The monoisotopic (exact) mass is 220 g/mol. The highest BCUT2D eigenvalue weighted by atomic mass is 16.6. The summed E-state index contributed by atoms with van der Waals surface area (Å²) in [6.45, 7) is 0. The van der Waals surface area contributed by atoms with E-state index in [0.29, 0.717) is 11.8 Å². The molecule has 0 spiro atoms. The van der Waals surface area contributed by atoms with Crippen molar-refractivity contribution in [2.75, 3.05) is 0 Å². The average Bonchev–Trinajstić information content (AvgIpc) is 3.13. The Morgan fingerprint density at radius 3 is 2.06 bits per heavy atom. The summed E-state index contributed by atoms with van der Waals surface area (Å²) >= 11 is 0. The molecule has 0 unspecified atom stereocenters. The van der Waals surface area contributed by atoms with Crippen LogP contribution in [-0.2, 0) is 14.3 Å². The highest BCUT2D eigenvalue weighted by Gasteiger charge is 2.79. The van der Waals surface area contributed by atoms with Crippen molar-refractivity contribution in [1.29, 1.82) is 0 Å². The number of carbonyl (C=O) groups is 2. The van der Waals surface area contributed by atoms with E-state index in [1.54, 1.807) is 0 Å². The van der Waals surface area contributed by atoms with E-state index in [4.69, 9.17) is 10.6 Å². The molecule has 5 heteroatoms. The Balaban J connectivity index is 1.70. The SMILES string of the molecule is NN1C(=O)[C@@H]2[C@H](C1=O)[C@@H]1[C@H]3C[C@H]3[C@@H]2[C@@H]2O[C@H]21. The minimum Gasteiger partial charge on any atom is -0.369 e. The van der Waals surface area contributed by atoms with Gasteiger partial charge in [0.15, 0.2) is 0 Å². The summed E-state index contributed by atoms with van der Waals surface area (Å²) in [6.07, 6.45) is 1.72.